The third-order valence-electron chi connectivity index (χ3n) is 2.49. The van der Waals surface area contributed by atoms with E-state index < -0.39 is 0 Å². The van der Waals surface area contributed by atoms with Crippen molar-refractivity contribution in [1.82, 2.24) is 4.57 Å². The lowest BCUT2D eigenvalue weighted by Crippen LogP contribution is -1.96. The standard InChI is InChI=1S/C13H17NS/c1-3-9-14-10-11-7-5-6-8-12(11)13(14)15-4-2/h5-8,10H,3-4,9H2,1-2H3. The Bertz CT molecular complexity index is 445. The molecule has 0 aliphatic heterocycles. The summed E-state index contributed by atoms with van der Waals surface area (Å²) in [7, 11) is 0. The molecule has 0 unspecified atom stereocenters. The number of thioether (sulfide) groups is 1. The van der Waals surface area contributed by atoms with Crippen LogP contribution in [0.1, 0.15) is 20.3 Å². The van der Waals surface area contributed by atoms with Crippen LogP contribution in [0.25, 0.3) is 10.8 Å². The van der Waals surface area contributed by atoms with Crippen LogP contribution in [0.4, 0.5) is 0 Å². The molecule has 2 aromatic rings. The van der Waals surface area contributed by atoms with Crippen molar-refractivity contribution in [2.45, 2.75) is 31.8 Å². The van der Waals surface area contributed by atoms with Crippen LogP contribution >= 0.6 is 11.8 Å². The molecule has 15 heavy (non-hydrogen) atoms. The molecule has 0 fully saturated rings. The summed E-state index contributed by atoms with van der Waals surface area (Å²) in [6, 6.07) is 8.65. The summed E-state index contributed by atoms with van der Waals surface area (Å²) >= 11 is 1.94. The summed E-state index contributed by atoms with van der Waals surface area (Å²) in [5.74, 6) is 1.14. The zero-order valence-electron chi connectivity index (χ0n) is 9.36. The van der Waals surface area contributed by atoms with Crippen LogP contribution in [0.2, 0.25) is 0 Å². The molecule has 80 valence electrons. The molecule has 0 atom stereocenters. The Kier molecular flexibility index (Phi) is 3.37. The average molecular weight is 219 g/mol. The Morgan fingerprint density at radius 2 is 2.00 bits per heavy atom. The van der Waals surface area contributed by atoms with Gasteiger partial charge in [-0.15, -0.1) is 11.8 Å². The molecule has 0 saturated carbocycles. The van der Waals surface area contributed by atoms with Gasteiger partial charge in [-0.05, 0) is 12.2 Å². The van der Waals surface area contributed by atoms with Crippen molar-refractivity contribution in [2.75, 3.05) is 5.75 Å². The van der Waals surface area contributed by atoms with E-state index in [9.17, 15) is 0 Å². The summed E-state index contributed by atoms with van der Waals surface area (Å²) in [6.07, 6.45) is 3.47. The van der Waals surface area contributed by atoms with Crippen LogP contribution in [-0.4, -0.2) is 10.3 Å². The van der Waals surface area contributed by atoms with Crippen molar-refractivity contribution in [2.24, 2.45) is 0 Å². The molecule has 1 aromatic heterocycles. The first-order valence-electron chi connectivity index (χ1n) is 5.57. The van der Waals surface area contributed by atoms with Gasteiger partial charge in [-0.2, -0.15) is 0 Å². The third kappa shape index (κ3) is 2.05. The molecule has 2 heteroatoms. The number of fused-ring (bicyclic) bond motifs is 1. The van der Waals surface area contributed by atoms with Gasteiger partial charge in [0.1, 0.15) is 0 Å². The highest BCUT2D eigenvalue weighted by Crippen LogP contribution is 2.29. The Balaban J connectivity index is 2.53. The van der Waals surface area contributed by atoms with Gasteiger partial charge in [0.25, 0.3) is 0 Å². The van der Waals surface area contributed by atoms with Gasteiger partial charge >= 0.3 is 0 Å². The number of aryl methyl sites for hydroxylation is 1. The Hall–Kier alpha value is -0.890. The minimum Gasteiger partial charge on any atom is -0.342 e. The van der Waals surface area contributed by atoms with E-state index >= 15 is 0 Å². The van der Waals surface area contributed by atoms with Crippen LogP contribution in [0.3, 0.4) is 0 Å². The number of benzene rings is 1. The summed E-state index contributed by atoms with van der Waals surface area (Å²) < 4.78 is 2.39. The van der Waals surface area contributed by atoms with E-state index in [1.54, 1.807) is 0 Å². The van der Waals surface area contributed by atoms with Crippen LogP contribution in [0.15, 0.2) is 35.5 Å². The van der Waals surface area contributed by atoms with Crippen molar-refractivity contribution in [3.05, 3.63) is 30.5 Å². The summed E-state index contributed by atoms with van der Waals surface area (Å²) in [5, 5.41) is 4.19. The largest absolute Gasteiger partial charge is 0.342 e. The zero-order chi connectivity index (χ0) is 10.7. The number of aromatic nitrogens is 1. The van der Waals surface area contributed by atoms with E-state index in [4.69, 9.17) is 0 Å². The Morgan fingerprint density at radius 3 is 2.73 bits per heavy atom. The topological polar surface area (TPSA) is 4.93 Å². The maximum Gasteiger partial charge on any atom is 0.0827 e. The predicted octanol–water partition coefficient (Wildman–Crippen LogP) is 4.16. The average Bonchev–Trinajstić information content (AvgIpc) is 2.59. The summed E-state index contributed by atoms with van der Waals surface area (Å²) in [4.78, 5) is 0. The number of hydrogen-bond acceptors (Lipinski definition) is 1. The monoisotopic (exact) mass is 219 g/mol. The second-order valence-corrected chi connectivity index (χ2v) is 4.90. The lowest BCUT2D eigenvalue weighted by atomic mass is 10.2. The molecular weight excluding hydrogens is 202 g/mol. The number of nitrogens with zero attached hydrogens (tertiary/aromatic N) is 1. The van der Waals surface area contributed by atoms with E-state index in [0.29, 0.717) is 0 Å². The molecule has 1 aromatic carbocycles. The second-order valence-electron chi connectivity index (χ2n) is 3.65. The first-order valence-corrected chi connectivity index (χ1v) is 6.56. The fraction of sp³-hybridized carbons (Fsp3) is 0.385. The fourth-order valence-electron chi connectivity index (χ4n) is 1.89. The highest BCUT2D eigenvalue weighted by atomic mass is 32.2. The minimum atomic E-state index is 1.12. The van der Waals surface area contributed by atoms with E-state index in [1.165, 1.54) is 22.2 Å². The van der Waals surface area contributed by atoms with Crippen molar-refractivity contribution >= 4 is 22.5 Å². The Morgan fingerprint density at radius 1 is 1.20 bits per heavy atom. The number of rotatable bonds is 4. The summed E-state index contributed by atoms with van der Waals surface area (Å²) in [6.45, 7) is 5.56. The predicted molar refractivity (Wildman–Crippen MR) is 68.6 cm³/mol. The van der Waals surface area contributed by atoms with Crippen molar-refractivity contribution in [3.63, 3.8) is 0 Å². The van der Waals surface area contributed by atoms with E-state index in [-0.39, 0.29) is 0 Å². The maximum atomic E-state index is 2.39. The van der Waals surface area contributed by atoms with E-state index in [1.807, 2.05) is 11.8 Å². The van der Waals surface area contributed by atoms with Gasteiger partial charge in [0, 0.05) is 23.5 Å². The molecule has 1 heterocycles. The first kappa shape index (κ1) is 10.6. The Labute approximate surface area is 95.5 Å². The van der Waals surface area contributed by atoms with Crippen LogP contribution in [0.5, 0.6) is 0 Å². The molecule has 0 bridgehead atoms. The van der Waals surface area contributed by atoms with Crippen LogP contribution < -0.4 is 0 Å². The summed E-state index contributed by atoms with van der Waals surface area (Å²) in [5.41, 5.74) is 0. The van der Waals surface area contributed by atoms with Gasteiger partial charge in [-0.25, -0.2) is 0 Å². The quantitative estimate of drug-likeness (QED) is 0.699. The molecule has 2 rings (SSSR count). The van der Waals surface area contributed by atoms with Crippen molar-refractivity contribution in [3.8, 4) is 0 Å². The van der Waals surface area contributed by atoms with Gasteiger partial charge in [-0.3, -0.25) is 0 Å². The molecule has 0 aliphatic carbocycles. The molecule has 0 N–H and O–H groups in total. The maximum absolute atomic E-state index is 2.39. The van der Waals surface area contributed by atoms with Crippen LogP contribution in [-0.2, 0) is 6.54 Å². The smallest absolute Gasteiger partial charge is 0.0827 e. The molecule has 0 aliphatic rings. The minimum absolute atomic E-state index is 1.12. The first-order chi connectivity index (χ1) is 7.36. The van der Waals surface area contributed by atoms with Crippen LogP contribution in [0, 0.1) is 0 Å². The second kappa shape index (κ2) is 4.75. The fourth-order valence-corrected chi connectivity index (χ4v) is 2.81. The lowest BCUT2D eigenvalue weighted by molar-refractivity contribution is 0.640. The highest BCUT2D eigenvalue weighted by molar-refractivity contribution is 7.99. The van der Waals surface area contributed by atoms with E-state index in [2.05, 4.69) is 48.9 Å². The van der Waals surface area contributed by atoms with Gasteiger partial charge in [0.15, 0.2) is 0 Å². The molecule has 0 spiro atoms. The molecule has 0 radical (unpaired) electrons. The lowest BCUT2D eigenvalue weighted by Gasteiger charge is -2.06. The molecule has 0 amide bonds. The number of hydrogen-bond donors (Lipinski definition) is 0. The van der Waals surface area contributed by atoms with E-state index in [0.717, 1.165) is 12.3 Å². The normalized spacial score (nSPS) is 11.1. The highest BCUT2D eigenvalue weighted by Gasteiger charge is 2.07. The molecular formula is C13H17NS. The van der Waals surface area contributed by atoms with Gasteiger partial charge in [0.2, 0.25) is 0 Å². The van der Waals surface area contributed by atoms with Crippen molar-refractivity contribution in [1.29, 1.82) is 0 Å². The van der Waals surface area contributed by atoms with Gasteiger partial charge < -0.3 is 4.57 Å². The van der Waals surface area contributed by atoms with Gasteiger partial charge in [0.05, 0.1) is 5.03 Å². The van der Waals surface area contributed by atoms with Gasteiger partial charge in [-0.1, -0.05) is 38.1 Å². The zero-order valence-corrected chi connectivity index (χ0v) is 10.2. The third-order valence-corrected chi connectivity index (χ3v) is 3.51. The van der Waals surface area contributed by atoms with Crippen molar-refractivity contribution < 1.29 is 0 Å². The molecule has 0 saturated heterocycles. The SMILES string of the molecule is CCCn1cc2ccccc2c1SCC. The molecule has 1 nitrogen and oxygen atoms in total.